The van der Waals surface area contributed by atoms with E-state index in [1.54, 1.807) is 0 Å². The van der Waals surface area contributed by atoms with E-state index in [0.29, 0.717) is 12.1 Å². The van der Waals surface area contributed by atoms with Crippen LogP contribution in [0.4, 0.5) is 5.69 Å². The molecule has 1 saturated heterocycles. The number of nitrogen functional groups attached to an aromatic ring is 1. The van der Waals surface area contributed by atoms with Crippen molar-refractivity contribution in [3.05, 3.63) is 24.3 Å². The largest absolute Gasteiger partial charge is 0.489 e. The predicted molar refractivity (Wildman–Crippen MR) is 87.6 cm³/mol. The molecule has 1 aliphatic heterocycles. The highest BCUT2D eigenvalue weighted by Crippen LogP contribution is 2.29. The van der Waals surface area contributed by atoms with E-state index in [1.807, 2.05) is 24.3 Å². The highest BCUT2D eigenvalue weighted by molar-refractivity contribution is 5.43. The van der Waals surface area contributed by atoms with Crippen molar-refractivity contribution in [1.29, 1.82) is 0 Å². The number of likely N-dealkylation sites (tertiary alicyclic amines) is 1. The van der Waals surface area contributed by atoms with Crippen LogP contribution in [-0.2, 0) is 0 Å². The Balaban J connectivity index is 1.68. The van der Waals surface area contributed by atoms with Gasteiger partial charge < -0.3 is 10.5 Å². The molecule has 2 fully saturated rings. The summed E-state index contributed by atoms with van der Waals surface area (Å²) in [6, 6.07) is 8.48. The highest BCUT2D eigenvalue weighted by Gasteiger charge is 2.31. The zero-order valence-electron chi connectivity index (χ0n) is 13.0. The number of hydrogen-bond acceptors (Lipinski definition) is 3. The van der Waals surface area contributed by atoms with Crippen LogP contribution in [0.25, 0.3) is 0 Å². The molecule has 116 valence electrons. The number of ether oxygens (including phenoxy) is 1. The van der Waals surface area contributed by atoms with Crippen molar-refractivity contribution in [2.75, 3.05) is 18.8 Å². The van der Waals surface area contributed by atoms with E-state index in [9.17, 15) is 0 Å². The van der Waals surface area contributed by atoms with Gasteiger partial charge in [-0.25, -0.2) is 0 Å². The van der Waals surface area contributed by atoms with Crippen LogP contribution in [0, 0.1) is 0 Å². The van der Waals surface area contributed by atoms with Gasteiger partial charge >= 0.3 is 0 Å². The zero-order chi connectivity index (χ0) is 14.5. The third-order valence-corrected chi connectivity index (χ3v) is 4.92. The Morgan fingerprint density at radius 3 is 2.48 bits per heavy atom. The topological polar surface area (TPSA) is 38.5 Å². The lowest BCUT2D eigenvalue weighted by Crippen LogP contribution is -2.48. The maximum Gasteiger partial charge on any atom is 0.121 e. The summed E-state index contributed by atoms with van der Waals surface area (Å²) in [5.74, 6) is 0.932. The molecule has 21 heavy (non-hydrogen) atoms. The Bertz CT molecular complexity index is 441. The first-order valence-electron chi connectivity index (χ1n) is 8.59. The summed E-state index contributed by atoms with van der Waals surface area (Å²) >= 11 is 0. The van der Waals surface area contributed by atoms with Crippen LogP contribution < -0.4 is 10.5 Å². The summed E-state index contributed by atoms with van der Waals surface area (Å²) in [4.78, 5) is 2.70. The molecule has 1 aliphatic carbocycles. The number of anilines is 1. The van der Waals surface area contributed by atoms with Gasteiger partial charge in [0.1, 0.15) is 11.9 Å². The van der Waals surface area contributed by atoms with Gasteiger partial charge in [-0.1, -0.05) is 25.3 Å². The van der Waals surface area contributed by atoms with Crippen LogP contribution in [-0.4, -0.2) is 30.1 Å². The van der Waals surface area contributed by atoms with Crippen molar-refractivity contribution in [3.8, 4) is 5.75 Å². The molecule has 1 aromatic rings. The van der Waals surface area contributed by atoms with E-state index >= 15 is 0 Å². The fourth-order valence-electron chi connectivity index (χ4n) is 3.82. The number of nitrogens with zero attached hydrogens (tertiary/aromatic N) is 1. The van der Waals surface area contributed by atoms with Crippen molar-refractivity contribution < 1.29 is 4.74 Å². The summed E-state index contributed by atoms with van der Waals surface area (Å²) < 4.78 is 6.32. The smallest absolute Gasteiger partial charge is 0.121 e. The minimum Gasteiger partial charge on any atom is -0.489 e. The molecule has 0 amide bonds. The SMILES string of the molecule is Nc1cccc(OC2CCCCC2N2CCCCCC2)c1. The fourth-order valence-corrected chi connectivity index (χ4v) is 3.82. The van der Waals surface area contributed by atoms with Gasteiger partial charge in [-0.3, -0.25) is 4.90 Å². The second-order valence-electron chi connectivity index (χ2n) is 6.53. The molecule has 2 unspecified atom stereocenters. The van der Waals surface area contributed by atoms with Crippen molar-refractivity contribution in [2.45, 2.75) is 63.5 Å². The van der Waals surface area contributed by atoms with Gasteiger partial charge in [-0.05, 0) is 57.3 Å². The molecule has 2 atom stereocenters. The van der Waals surface area contributed by atoms with E-state index < -0.39 is 0 Å². The standard InChI is InChI=1S/C18H28N2O/c19-15-8-7-9-16(14-15)21-18-11-4-3-10-17(18)20-12-5-1-2-6-13-20/h7-9,14,17-18H,1-6,10-13,19H2. The minimum absolute atomic E-state index is 0.332. The average Bonchev–Trinajstić information content (AvgIpc) is 2.77. The lowest BCUT2D eigenvalue weighted by atomic mass is 9.91. The average molecular weight is 288 g/mol. The third-order valence-electron chi connectivity index (χ3n) is 4.92. The lowest BCUT2D eigenvalue weighted by Gasteiger charge is -2.39. The van der Waals surface area contributed by atoms with Crippen LogP contribution >= 0.6 is 0 Å². The number of rotatable bonds is 3. The molecule has 1 aromatic carbocycles. The van der Waals surface area contributed by atoms with Crippen LogP contribution in [0.3, 0.4) is 0 Å². The molecule has 0 spiro atoms. The Kier molecular flexibility index (Phi) is 5.02. The Hall–Kier alpha value is -1.22. The first kappa shape index (κ1) is 14.7. The van der Waals surface area contributed by atoms with Crippen LogP contribution in [0.2, 0.25) is 0 Å². The molecule has 2 aliphatic rings. The second kappa shape index (κ2) is 7.17. The summed E-state index contributed by atoms with van der Waals surface area (Å²) in [6.07, 6.45) is 10.9. The van der Waals surface area contributed by atoms with Gasteiger partial charge in [-0.2, -0.15) is 0 Å². The van der Waals surface area contributed by atoms with Gasteiger partial charge in [0.2, 0.25) is 0 Å². The first-order chi connectivity index (χ1) is 10.3. The van der Waals surface area contributed by atoms with Gasteiger partial charge in [0.25, 0.3) is 0 Å². The molecule has 3 heteroatoms. The summed E-state index contributed by atoms with van der Waals surface area (Å²) in [5, 5.41) is 0. The van der Waals surface area contributed by atoms with Crippen LogP contribution in [0.5, 0.6) is 5.75 Å². The first-order valence-corrected chi connectivity index (χ1v) is 8.59. The van der Waals surface area contributed by atoms with E-state index in [0.717, 1.165) is 11.4 Å². The molecule has 0 radical (unpaired) electrons. The van der Waals surface area contributed by atoms with E-state index in [2.05, 4.69) is 4.90 Å². The zero-order valence-corrected chi connectivity index (χ0v) is 13.0. The van der Waals surface area contributed by atoms with E-state index in [1.165, 1.54) is 64.5 Å². The minimum atomic E-state index is 0.332. The van der Waals surface area contributed by atoms with Gasteiger partial charge in [0, 0.05) is 17.8 Å². The Labute approximate surface area is 128 Å². The normalized spacial score (nSPS) is 28.0. The molecule has 2 N–H and O–H groups in total. The van der Waals surface area contributed by atoms with Crippen molar-refractivity contribution in [2.24, 2.45) is 0 Å². The maximum absolute atomic E-state index is 6.32. The summed E-state index contributed by atoms with van der Waals surface area (Å²) in [7, 11) is 0. The lowest BCUT2D eigenvalue weighted by molar-refractivity contribution is 0.0376. The molecule has 3 nitrogen and oxygen atoms in total. The predicted octanol–water partition coefficient (Wildman–Crippen LogP) is 3.83. The monoisotopic (exact) mass is 288 g/mol. The van der Waals surface area contributed by atoms with Gasteiger partial charge in [0.15, 0.2) is 0 Å². The summed E-state index contributed by atoms with van der Waals surface area (Å²) in [6.45, 7) is 2.50. The van der Waals surface area contributed by atoms with Crippen molar-refractivity contribution in [3.63, 3.8) is 0 Å². The van der Waals surface area contributed by atoms with Crippen LogP contribution in [0.15, 0.2) is 24.3 Å². The number of hydrogen-bond donors (Lipinski definition) is 1. The second-order valence-corrected chi connectivity index (χ2v) is 6.53. The summed E-state index contributed by atoms with van der Waals surface area (Å²) in [5.41, 5.74) is 6.66. The van der Waals surface area contributed by atoms with E-state index in [4.69, 9.17) is 10.5 Å². The van der Waals surface area contributed by atoms with Crippen molar-refractivity contribution in [1.82, 2.24) is 4.90 Å². The van der Waals surface area contributed by atoms with Crippen LogP contribution in [0.1, 0.15) is 51.4 Å². The number of nitrogens with two attached hydrogens (primary N) is 1. The molecule has 0 bridgehead atoms. The molecular formula is C18H28N2O. The molecule has 3 rings (SSSR count). The molecule has 0 aromatic heterocycles. The molecular weight excluding hydrogens is 260 g/mol. The van der Waals surface area contributed by atoms with Crippen molar-refractivity contribution >= 4 is 5.69 Å². The fraction of sp³-hybridized carbons (Fsp3) is 0.667. The Morgan fingerprint density at radius 1 is 0.952 bits per heavy atom. The maximum atomic E-state index is 6.32. The van der Waals surface area contributed by atoms with E-state index in [-0.39, 0.29) is 0 Å². The van der Waals surface area contributed by atoms with Gasteiger partial charge in [0.05, 0.1) is 0 Å². The highest BCUT2D eigenvalue weighted by atomic mass is 16.5. The quantitative estimate of drug-likeness (QED) is 0.859. The Morgan fingerprint density at radius 2 is 1.71 bits per heavy atom. The third kappa shape index (κ3) is 3.91. The molecule has 1 heterocycles. The number of benzene rings is 1. The molecule has 1 saturated carbocycles. The van der Waals surface area contributed by atoms with Gasteiger partial charge in [-0.15, -0.1) is 0 Å².